The lowest BCUT2D eigenvalue weighted by molar-refractivity contribution is 0.0678. The Balaban J connectivity index is 1.63. The largest absolute Gasteiger partial charge is 0.478 e. The Hall–Kier alpha value is -3.14. The molecule has 2 aromatic rings. The summed E-state index contributed by atoms with van der Waals surface area (Å²) in [4.78, 5) is 26.1. The number of allylic oxidation sites excluding steroid dienone is 2. The predicted octanol–water partition coefficient (Wildman–Crippen LogP) is 5.29. The standard InChI is InChI=1S/C26H27NO3/c1-25(2)21(18-9-11-20(12-10-18)24(29)30)13-15-26(3)17-27(16-14-22(25)26)23(28)19-7-5-4-6-8-19/h4-14H,15-17H2,1-3H3,(H,29,30)/t26-/m1/s1. The minimum Gasteiger partial charge on any atom is -0.478 e. The van der Waals surface area contributed by atoms with Crippen LogP contribution in [0.1, 0.15) is 53.5 Å². The van der Waals surface area contributed by atoms with Crippen molar-refractivity contribution in [3.8, 4) is 0 Å². The average Bonchev–Trinajstić information content (AvgIpc) is 2.73. The molecule has 1 N–H and O–H groups in total. The van der Waals surface area contributed by atoms with Gasteiger partial charge in [-0.05, 0) is 41.8 Å². The van der Waals surface area contributed by atoms with Crippen molar-refractivity contribution < 1.29 is 14.7 Å². The molecule has 4 nitrogen and oxygen atoms in total. The van der Waals surface area contributed by atoms with E-state index in [-0.39, 0.29) is 16.7 Å². The summed E-state index contributed by atoms with van der Waals surface area (Å²) in [7, 11) is 0. The number of aromatic carboxylic acids is 1. The van der Waals surface area contributed by atoms with E-state index in [0.717, 1.165) is 17.5 Å². The highest BCUT2D eigenvalue weighted by molar-refractivity contribution is 5.94. The number of rotatable bonds is 3. The third-order valence-electron chi connectivity index (χ3n) is 6.56. The molecule has 0 bridgehead atoms. The molecule has 0 saturated carbocycles. The van der Waals surface area contributed by atoms with Gasteiger partial charge in [-0.25, -0.2) is 4.79 Å². The molecular weight excluding hydrogens is 374 g/mol. The van der Waals surface area contributed by atoms with Gasteiger partial charge in [-0.2, -0.15) is 0 Å². The van der Waals surface area contributed by atoms with Crippen LogP contribution in [-0.4, -0.2) is 35.0 Å². The molecule has 30 heavy (non-hydrogen) atoms. The number of hydrogen-bond acceptors (Lipinski definition) is 2. The van der Waals surface area contributed by atoms with E-state index in [1.54, 1.807) is 12.1 Å². The molecule has 0 saturated heterocycles. The minimum atomic E-state index is -0.913. The van der Waals surface area contributed by atoms with Crippen molar-refractivity contribution in [2.24, 2.45) is 10.8 Å². The number of nitrogens with zero attached hydrogens (tertiary/aromatic N) is 1. The van der Waals surface area contributed by atoms with Crippen molar-refractivity contribution >= 4 is 17.4 Å². The lowest BCUT2D eigenvalue weighted by atomic mass is 9.58. The number of fused-ring (bicyclic) bond motifs is 1. The van der Waals surface area contributed by atoms with Crippen molar-refractivity contribution in [1.29, 1.82) is 0 Å². The van der Waals surface area contributed by atoms with Gasteiger partial charge in [0.05, 0.1) is 5.56 Å². The van der Waals surface area contributed by atoms with Crippen molar-refractivity contribution in [3.05, 3.63) is 89.0 Å². The highest BCUT2D eigenvalue weighted by Gasteiger charge is 2.46. The van der Waals surface area contributed by atoms with Gasteiger partial charge < -0.3 is 10.0 Å². The quantitative estimate of drug-likeness (QED) is 0.711. The number of benzene rings is 2. The molecule has 4 heteroatoms. The van der Waals surface area contributed by atoms with E-state index < -0.39 is 5.97 Å². The lowest BCUT2D eigenvalue weighted by Crippen LogP contribution is -2.48. The van der Waals surface area contributed by atoms with Gasteiger partial charge in [0.15, 0.2) is 0 Å². The SMILES string of the molecule is CC1(C)C(c2ccc(C(=O)O)cc2)=CC[C@]2(C)CN(C(=O)c3ccccc3)CC=C12. The Bertz CT molecular complexity index is 1050. The number of hydrogen-bond donors (Lipinski definition) is 1. The van der Waals surface area contributed by atoms with Gasteiger partial charge in [-0.15, -0.1) is 0 Å². The van der Waals surface area contributed by atoms with Gasteiger partial charge in [0.25, 0.3) is 5.91 Å². The zero-order valence-electron chi connectivity index (χ0n) is 17.7. The molecule has 0 aromatic heterocycles. The molecule has 4 rings (SSSR count). The molecule has 0 spiro atoms. The van der Waals surface area contributed by atoms with Crippen LogP contribution < -0.4 is 0 Å². The van der Waals surface area contributed by atoms with E-state index >= 15 is 0 Å². The molecule has 0 radical (unpaired) electrons. The Kier molecular flexibility index (Phi) is 4.89. The summed E-state index contributed by atoms with van der Waals surface area (Å²) in [5.74, 6) is -0.840. The monoisotopic (exact) mass is 401 g/mol. The minimum absolute atomic E-state index is 0.0731. The Labute approximate surface area is 177 Å². The molecule has 2 aromatic carbocycles. The molecule has 1 aliphatic heterocycles. The molecule has 1 heterocycles. The van der Waals surface area contributed by atoms with Crippen LogP contribution in [0.15, 0.2) is 72.3 Å². The first-order chi connectivity index (χ1) is 14.2. The number of carboxylic acid groups (broad SMARTS) is 1. The normalized spacial score (nSPS) is 22.6. The molecule has 0 unspecified atom stereocenters. The number of carbonyl (C=O) groups is 2. The summed E-state index contributed by atoms with van der Waals surface area (Å²) < 4.78 is 0. The number of carboxylic acids is 1. The zero-order chi connectivity index (χ0) is 21.5. The highest BCUT2D eigenvalue weighted by atomic mass is 16.4. The first-order valence-electron chi connectivity index (χ1n) is 10.3. The second kappa shape index (κ2) is 7.28. The fourth-order valence-electron chi connectivity index (χ4n) is 5.12. The van der Waals surface area contributed by atoms with Crippen LogP contribution in [0.2, 0.25) is 0 Å². The summed E-state index contributed by atoms with van der Waals surface area (Å²) in [6.45, 7) is 7.99. The maximum Gasteiger partial charge on any atom is 0.335 e. The molecule has 0 fully saturated rings. The number of amides is 1. The smallest absolute Gasteiger partial charge is 0.335 e. The van der Waals surface area contributed by atoms with E-state index in [2.05, 4.69) is 32.9 Å². The number of carbonyl (C=O) groups excluding carboxylic acids is 1. The Morgan fingerprint density at radius 3 is 2.20 bits per heavy atom. The predicted molar refractivity (Wildman–Crippen MR) is 118 cm³/mol. The molecule has 1 atom stereocenters. The summed E-state index contributed by atoms with van der Waals surface area (Å²) in [5, 5.41) is 9.17. The summed E-state index contributed by atoms with van der Waals surface area (Å²) in [6, 6.07) is 16.6. The maximum atomic E-state index is 13.0. The maximum absolute atomic E-state index is 13.0. The third-order valence-corrected chi connectivity index (χ3v) is 6.56. The van der Waals surface area contributed by atoms with E-state index in [0.29, 0.717) is 18.7 Å². The van der Waals surface area contributed by atoms with Gasteiger partial charge in [-0.3, -0.25) is 4.79 Å². The Morgan fingerprint density at radius 1 is 0.900 bits per heavy atom. The highest BCUT2D eigenvalue weighted by Crippen LogP contribution is 2.55. The van der Waals surface area contributed by atoms with Crippen LogP contribution in [0.5, 0.6) is 0 Å². The van der Waals surface area contributed by atoms with E-state index in [1.807, 2.05) is 47.4 Å². The van der Waals surface area contributed by atoms with Crippen LogP contribution in [0.4, 0.5) is 0 Å². The van der Waals surface area contributed by atoms with Crippen LogP contribution in [-0.2, 0) is 0 Å². The fourth-order valence-corrected chi connectivity index (χ4v) is 5.12. The van der Waals surface area contributed by atoms with Crippen LogP contribution in [0.3, 0.4) is 0 Å². The second-order valence-electron chi connectivity index (χ2n) is 9.06. The first-order valence-corrected chi connectivity index (χ1v) is 10.3. The molecule has 1 amide bonds. The van der Waals surface area contributed by atoms with Gasteiger partial charge >= 0.3 is 5.97 Å². The molecule has 2 aliphatic rings. The first kappa shape index (κ1) is 20.1. The zero-order valence-corrected chi connectivity index (χ0v) is 17.7. The van der Waals surface area contributed by atoms with Crippen molar-refractivity contribution in [1.82, 2.24) is 4.90 Å². The van der Waals surface area contributed by atoms with Gasteiger partial charge in [0.1, 0.15) is 0 Å². The molecular formula is C26H27NO3. The fraction of sp³-hybridized carbons (Fsp3) is 0.308. The summed E-state index contributed by atoms with van der Waals surface area (Å²) >= 11 is 0. The van der Waals surface area contributed by atoms with Gasteiger partial charge in [-0.1, -0.05) is 68.8 Å². The van der Waals surface area contributed by atoms with Crippen molar-refractivity contribution in [3.63, 3.8) is 0 Å². The molecule has 1 aliphatic carbocycles. The summed E-state index contributed by atoms with van der Waals surface area (Å²) in [6.07, 6.45) is 5.34. The summed E-state index contributed by atoms with van der Waals surface area (Å²) in [5.41, 5.74) is 4.33. The van der Waals surface area contributed by atoms with Crippen LogP contribution in [0.25, 0.3) is 5.57 Å². The average molecular weight is 402 g/mol. The van der Waals surface area contributed by atoms with E-state index in [9.17, 15) is 14.7 Å². The second-order valence-corrected chi connectivity index (χ2v) is 9.06. The van der Waals surface area contributed by atoms with Crippen molar-refractivity contribution in [2.45, 2.75) is 27.2 Å². The molecule has 154 valence electrons. The lowest BCUT2D eigenvalue weighted by Gasteiger charge is -2.50. The van der Waals surface area contributed by atoms with Gasteiger partial charge in [0, 0.05) is 29.5 Å². The van der Waals surface area contributed by atoms with Gasteiger partial charge in [0.2, 0.25) is 0 Å². The topological polar surface area (TPSA) is 57.6 Å². The van der Waals surface area contributed by atoms with E-state index in [4.69, 9.17) is 0 Å². The van der Waals surface area contributed by atoms with E-state index in [1.165, 1.54) is 11.1 Å². The van der Waals surface area contributed by atoms with Crippen LogP contribution in [0, 0.1) is 10.8 Å². The van der Waals surface area contributed by atoms with Crippen molar-refractivity contribution in [2.75, 3.05) is 13.1 Å². The third kappa shape index (κ3) is 3.36. The Morgan fingerprint density at radius 2 is 1.57 bits per heavy atom. The van der Waals surface area contributed by atoms with Crippen LogP contribution >= 0.6 is 0 Å².